The van der Waals surface area contributed by atoms with Gasteiger partial charge in [-0.3, -0.25) is 9.80 Å². The second kappa shape index (κ2) is 8.43. The molecule has 0 bridgehead atoms. The SMILES string of the molecule is CCN1C(=O)N(c2c(Cl)cc(F)c(O)c2F)Cc2cnc(NC3CCC(O)CC3)nc21. The number of carbonyl (C=O) groups excluding carboxylic acids is 1. The van der Waals surface area contributed by atoms with Gasteiger partial charge in [0.05, 0.1) is 17.7 Å². The summed E-state index contributed by atoms with van der Waals surface area (Å²) in [7, 11) is 0. The molecule has 1 aromatic carbocycles. The maximum atomic E-state index is 14.6. The fourth-order valence-corrected chi connectivity index (χ4v) is 4.25. The lowest BCUT2D eigenvalue weighted by Crippen LogP contribution is -2.48. The number of aliphatic hydroxyl groups excluding tert-OH is 1. The Morgan fingerprint density at radius 2 is 2.00 bits per heavy atom. The van der Waals surface area contributed by atoms with Gasteiger partial charge in [0.2, 0.25) is 5.95 Å². The summed E-state index contributed by atoms with van der Waals surface area (Å²) >= 11 is 6.00. The van der Waals surface area contributed by atoms with Gasteiger partial charge < -0.3 is 15.5 Å². The number of phenolic OH excluding ortho intramolecular Hbond substituents is 1. The third kappa shape index (κ3) is 3.97. The molecule has 2 aromatic rings. The molecule has 1 aromatic heterocycles. The second-order valence-corrected chi connectivity index (χ2v) is 8.06. The van der Waals surface area contributed by atoms with Gasteiger partial charge in [0.1, 0.15) is 11.5 Å². The van der Waals surface area contributed by atoms with Crippen molar-refractivity contribution in [3.05, 3.63) is 34.5 Å². The Hall–Kier alpha value is -2.72. The molecule has 0 spiro atoms. The van der Waals surface area contributed by atoms with Crippen LogP contribution >= 0.6 is 11.6 Å². The van der Waals surface area contributed by atoms with Gasteiger partial charge in [-0.1, -0.05) is 11.6 Å². The molecule has 0 radical (unpaired) electrons. The summed E-state index contributed by atoms with van der Waals surface area (Å²) in [6, 6.07) is 0.286. The number of nitrogens with one attached hydrogen (secondary N) is 1. The van der Waals surface area contributed by atoms with Gasteiger partial charge in [-0.2, -0.15) is 4.98 Å². The normalized spacial score (nSPS) is 21.3. The monoisotopic (exact) mass is 453 g/mol. The van der Waals surface area contributed by atoms with Gasteiger partial charge in [-0.05, 0) is 38.7 Å². The zero-order valence-corrected chi connectivity index (χ0v) is 17.5. The molecule has 1 aliphatic heterocycles. The number of halogens is 3. The highest BCUT2D eigenvalue weighted by molar-refractivity contribution is 6.34. The van der Waals surface area contributed by atoms with Crippen LogP contribution in [0.3, 0.4) is 0 Å². The van der Waals surface area contributed by atoms with Crippen molar-refractivity contribution in [2.75, 3.05) is 21.7 Å². The number of anilines is 3. The van der Waals surface area contributed by atoms with Gasteiger partial charge in [0.25, 0.3) is 0 Å². The number of phenols is 1. The van der Waals surface area contributed by atoms with Gasteiger partial charge in [-0.25, -0.2) is 18.6 Å². The molecule has 2 amide bonds. The first-order valence-electron chi connectivity index (χ1n) is 10.1. The number of carbonyl (C=O) groups is 1. The number of fused-ring (bicyclic) bond motifs is 1. The lowest BCUT2D eigenvalue weighted by Gasteiger charge is -2.36. The molecule has 31 heavy (non-hydrogen) atoms. The van der Waals surface area contributed by atoms with Crippen LogP contribution in [-0.2, 0) is 6.54 Å². The quantitative estimate of drug-likeness (QED) is 0.651. The number of aromatic hydroxyl groups is 1. The van der Waals surface area contributed by atoms with E-state index in [2.05, 4.69) is 15.3 Å². The van der Waals surface area contributed by atoms with E-state index in [1.807, 2.05) is 0 Å². The molecule has 4 rings (SSSR count). The smallest absolute Gasteiger partial charge is 0.330 e. The maximum Gasteiger partial charge on any atom is 0.330 e. The average molecular weight is 454 g/mol. The zero-order chi connectivity index (χ0) is 22.3. The third-order valence-electron chi connectivity index (χ3n) is 5.63. The van der Waals surface area contributed by atoms with Crippen LogP contribution in [0.25, 0.3) is 0 Å². The molecule has 2 heterocycles. The molecule has 1 aliphatic carbocycles. The van der Waals surface area contributed by atoms with Crippen LogP contribution in [-0.4, -0.2) is 44.9 Å². The van der Waals surface area contributed by atoms with E-state index < -0.39 is 29.1 Å². The van der Waals surface area contributed by atoms with Crippen LogP contribution in [0.1, 0.15) is 38.2 Å². The average Bonchev–Trinajstić information content (AvgIpc) is 2.74. The molecular formula is C20H22ClF2N5O3. The predicted molar refractivity (Wildman–Crippen MR) is 112 cm³/mol. The van der Waals surface area contributed by atoms with E-state index in [0.717, 1.165) is 23.8 Å². The van der Waals surface area contributed by atoms with E-state index in [-0.39, 0.29) is 30.3 Å². The molecule has 0 saturated heterocycles. The Morgan fingerprint density at radius 3 is 2.68 bits per heavy atom. The summed E-state index contributed by atoms with van der Waals surface area (Å²) < 4.78 is 28.2. The van der Waals surface area contributed by atoms with Gasteiger partial charge in [0, 0.05) is 24.3 Å². The lowest BCUT2D eigenvalue weighted by molar-refractivity contribution is 0.126. The van der Waals surface area contributed by atoms with E-state index >= 15 is 0 Å². The van der Waals surface area contributed by atoms with Crippen molar-refractivity contribution >= 4 is 35.1 Å². The molecule has 0 unspecified atom stereocenters. The molecule has 2 aliphatic rings. The third-order valence-corrected chi connectivity index (χ3v) is 5.91. The summed E-state index contributed by atoms with van der Waals surface area (Å²) in [6.07, 6.45) is 4.25. The van der Waals surface area contributed by atoms with Crippen LogP contribution in [0.4, 0.5) is 31.0 Å². The topological polar surface area (TPSA) is 102 Å². The fourth-order valence-electron chi connectivity index (χ4n) is 3.97. The number of benzene rings is 1. The number of hydrogen-bond donors (Lipinski definition) is 3. The number of amides is 2. The van der Waals surface area contributed by atoms with Crippen molar-refractivity contribution in [2.45, 2.75) is 51.3 Å². The highest BCUT2D eigenvalue weighted by atomic mass is 35.5. The number of nitrogens with zero attached hydrogens (tertiary/aromatic N) is 4. The number of urea groups is 1. The van der Waals surface area contributed by atoms with Crippen molar-refractivity contribution in [3.63, 3.8) is 0 Å². The molecule has 1 saturated carbocycles. The van der Waals surface area contributed by atoms with Crippen LogP contribution in [0.2, 0.25) is 5.02 Å². The number of hydrogen-bond acceptors (Lipinski definition) is 6. The minimum absolute atomic E-state index is 0.0950. The largest absolute Gasteiger partial charge is 0.503 e. The van der Waals surface area contributed by atoms with E-state index in [0.29, 0.717) is 30.2 Å². The highest BCUT2D eigenvalue weighted by Crippen LogP contribution is 2.40. The van der Waals surface area contributed by atoms with Gasteiger partial charge in [0.15, 0.2) is 17.4 Å². The highest BCUT2D eigenvalue weighted by Gasteiger charge is 2.36. The Bertz CT molecular complexity index is 1020. The van der Waals surface area contributed by atoms with Crippen LogP contribution in [0.5, 0.6) is 5.75 Å². The van der Waals surface area contributed by atoms with Gasteiger partial charge >= 0.3 is 6.03 Å². The zero-order valence-electron chi connectivity index (χ0n) is 16.8. The number of aromatic nitrogens is 2. The van der Waals surface area contributed by atoms with Crippen molar-refractivity contribution in [1.29, 1.82) is 0 Å². The maximum absolute atomic E-state index is 14.6. The molecular weight excluding hydrogens is 432 g/mol. The summed E-state index contributed by atoms with van der Waals surface area (Å²) in [6.45, 7) is 1.88. The van der Waals surface area contributed by atoms with E-state index in [9.17, 15) is 23.8 Å². The fraction of sp³-hybridized carbons (Fsp3) is 0.450. The van der Waals surface area contributed by atoms with E-state index in [4.69, 9.17) is 11.6 Å². The number of aliphatic hydroxyl groups is 1. The molecule has 11 heteroatoms. The Labute approximate surface area is 182 Å². The molecule has 166 valence electrons. The first-order valence-corrected chi connectivity index (χ1v) is 10.4. The number of rotatable bonds is 4. The van der Waals surface area contributed by atoms with Crippen molar-refractivity contribution in [1.82, 2.24) is 9.97 Å². The summed E-state index contributed by atoms with van der Waals surface area (Å²) in [5.41, 5.74) is 0.142. The van der Waals surface area contributed by atoms with Crippen LogP contribution < -0.4 is 15.1 Å². The van der Waals surface area contributed by atoms with Crippen molar-refractivity contribution in [2.24, 2.45) is 0 Å². The van der Waals surface area contributed by atoms with Crippen molar-refractivity contribution < 1.29 is 23.8 Å². The summed E-state index contributed by atoms with van der Waals surface area (Å²) in [5.74, 6) is -2.97. The Morgan fingerprint density at radius 1 is 1.29 bits per heavy atom. The first-order chi connectivity index (χ1) is 14.8. The van der Waals surface area contributed by atoms with Gasteiger partial charge in [-0.15, -0.1) is 0 Å². The van der Waals surface area contributed by atoms with E-state index in [1.54, 1.807) is 13.1 Å². The van der Waals surface area contributed by atoms with Crippen LogP contribution in [0.15, 0.2) is 12.3 Å². The Kier molecular flexibility index (Phi) is 5.85. The molecule has 0 atom stereocenters. The second-order valence-electron chi connectivity index (χ2n) is 7.66. The minimum atomic E-state index is -1.31. The lowest BCUT2D eigenvalue weighted by atomic mass is 9.93. The standard InChI is InChI=1S/C20H22ClF2N5O3/c1-2-27-18-10(8-24-19(26-18)25-11-3-5-12(29)6-4-11)9-28(20(27)31)16-13(21)7-14(22)17(30)15(16)23/h7-8,11-12,29-30H,2-6,9H2,1H3,(H,24,25,26). The molecule has 8 nitrogen and oxygen atoms in total. The Balaban J connectivity index is 1.65. The van der Waals surface area contributed by atoms with Crippen LogP contribution in [0, 0.1) is 11.6 Å². The first kappa shape index (κ1) is 21.5. The summed E-state index contributed by atoms with van der Waals surface area (Å²) in [5, 5.41) is 22.2. The summed E-state index contributed by atoms with van der Waals surface area (Å²) in [4.78, 5) is 24.3. The van der Waals surface area contributed by atoms with Crippen molar-refractivity contribution in [3.8, 4) is 5.75 Å². The minimum Gasteiger partial charge on any atom is -0.503 e. The van der Waals surface area contributed by atoms with E-state index in [1.165, 1.54) is 4.90 Å². The predicted octanol–water partition coefficient (Wildman–Crippen LogP) is 3.80. The molecule has 3 N–H and O–H groups in total. The molecule has 1 fully saturated rings.